The van der Waals surface area contributed by atoms with Gasteiger partial charge in [0.1, 0.15) is 0 Å². The van der Waals surface area contributed by atoms with Crippen LogP contribution >= 0.6 is 27.3 Å². The van der Waals surface area contributed by atoms with Crippen molar-refractivity contribution in [2.75, 3.05) is 13.7 Å². The first-order chi connectivity index (χ1) is 8.15. The maximum absolute atomic E-state index is 5.30. The van der Waals surface area contributed by atoms with Crippen molar-refractivity contribution in [1.29, 1.82) is 0 Å². The molecule has 0 spiro atoms. The van der Waals surface area contributed by atoms with E-state index in [4.69, 9.17) is 4.74 Å². The van der Waals surface area contributed by atoms with E-state index >= 15 is 0 Å². The largest absolute Gasteiger partial charge is 0.382 e. The molecule has 0 aliphatic carbocycles. The Labute approximate surface area is 117 Å². The summed E-state index contributed by atoms with van der Waals surface area (Å²) in [5, 5.41) is 5.70. The Morgan fingerprint density at radius 1 is 1.47 bits per heavy atom. The van der Waals surface area contributed by atoms with Crippen LogP contribution in [-0.2, 0) is 11.2 Å². The van der Waals surface area contributed by atoms with E-state index in [1.165, 1.54) is 15.8 Å². The maximum atomic E-state index is 5.30. The summed E-state index contributed by atoms with van der Waals surface area (Å²) in [6.07, 6.45) is 3.74. The molecule has 0 aliphatic rings. The first-order valence-corrected chi connectivity index (χ1v) is 7.82. The molecular weight excluding hydrogens is 298 g/mol. The second-order valence-corrected chi connectivity index (χ2v) is 6.23. The fraction of sp³-hybridized carbons (Fsp3) is 0.692. The number of thiophene rings is 1. The minimum absolute atomic E-state index is 0.353. The molecule has 4 heteroatoms. The van der Waals surface area contributed by atoms with E-state index < -0.39 is 0 Å². The molecule has 1 heterocycles. The highest BCUT2D eigenvalue weighted by atomic mass is 79.9. The lowest BCUT2D eigenvalue weighted by Gasteiger charge is -2.19. The highest BCUT2D eigenvalue weighted by Crippen LogP contribution is 2.22. The monoisotopic (exact) mass is 319 g/mol. The van der Waals surface area contributed by atoms with Gasteiger partial charge in [0.15, 0.2) is 0 Å². The Kier molecular flexibility index (Phi) is 7.35. The van der Waals surface area contributed by atoms with E-state index in [9.17, 15) is 0 Å². The second kappa shape index (κ2) is 8.25. The normalized spacial score (nSPS) is 14.8. The summed E-state index contributed by atoms with van der Waals surface area (Å²) in [7, 11) is 1.78. The number of likely N-dealkylation sites (N-methyl/N-ethyl adjacent to an activating group) is 1. The summed E-state index contributed by atoms with van der Waals surface area (Å²) in [5.41, 5.74) is 0. The van der Waals surface area contributed by atoms with Crippen molar-refractivity contribution in [2.24, 2.45) is 0 Å². The van der Waals surface area contributed by atoms with Crippen LogP contribution < -0.4 is 5.32 Å². The number of halogens is 1. The van der Waals surface area contributed by atoms with Gasteiger partial charge in [-0.15, -0.1) is 11.3 Å². The topological polar surface area (TPSA) is 21.3 Å². The second-order valence-electron chi connectivity index (χ2n) is 4.31. The molecule has 0 bridgehead atoms. The molecule has 98 valence electrons. The summed E-state index contributed by atoms with van der Waals surface area (Å²) < 4.78 is 6.49. The molecule has 0 aromatic carbocycles. The van der Waals surface area contributed by atoms with Gasteiger partial charge in [-0.1, -0.05) is 6.92 Å². The van der Waals surface area contributed by atoms with Crippen LogP contribution in [-0.4, -0.2) is 25.8 Å². The lowest BCUT2D eigenvalue weighted by atomic mass is 10.0. The molecule has 0 saturated heterocycles. The van der Waals surface area contributed by atoms with Crippen molar-refractivity contribution >= 4 is 27.3 Å². The summed E-state index contributed by atoms with van der Waals surface area (Å²) >= 11 is 5.33. The highest BCUT2D eigenvalue weighted by molar-refractivity contribution is 9.10. The van der Waals surface area contributed by atoms with Gasteiger partial charge >= 0.3 is 0 Å². The van der Waals surface area contributed by atoms with Crippen molar-refractivity contribution in [3.05, 3.63) is 20.8 Å². The predicted octanol–water partition coefficient (Wildman–Crippen LogP) is 3.85. The number of rotatable bonds is 8. The van der Waals surface area contributed by atoms with Crippen LogP contribution in [0, 0.1) is 0 Å². The van der Waals surface area contributed by atoms with E-state index in [1.807, 2.05) is 11.3 Å². The molecule has 2 nitrogen and oxygen atoms in total. The van der Waals surface area contributed by atoms with Crippen molar-refractivity contribution in [2.45, 2.75) is 45.3 Å². The van der Waals surface area contributed by atoms with Crippen LogP contribution in [0.25, 0.3) is 0 Å². The van der Waals surface area contributed by atoms with Crippen LogP contribution in [0.5, 0.6) is 0 Å². The molecule has 1 aromatic heterocycles. The Balaban J connectivity index is 2.42. The molecule has 0 amide bonds. The van der Waals surface area contributed by atoms with Gasteiger partial charge in [-0.05, 0) is 54.7 Å². The van der Waals surface area contributed by atoms with Crippen molar-refractivity contribution < 1.29 is 4.74 Å². The molecule has 2 unspecified atom stereocenters. The molecule has 0 fully saturated rings. The third-order valence-electron chi connectivity index (χ3n) is 2.89. The third-order valence-corrected chi connectivity index (χ3v) is 4.61. The fourth-order valence-electron chi connectivity index (χ4n) is 1.82. The van der Waals surface area contributed by atoms with Gasteiger partial charge < -0.3 is 10.1 Å². The summed E-state index contributed by atoms with van der Waals surface area (Å²) in [5.74, 6) is 0. The number of hydrogen-bond acceptors (Lipinski definition) is 3. The average Bonchev–Trinajstić information content (AvgIpc) is 2.71. The van der Waals surface area contributed by atoms with Crippen LogP contribution in [0.4, 0.5) is 0 Å². The SMILES string of the molecule is CCNC(CCC(C)OC)Cc1cc(Br)cs1. The van der Waals surface area contributed by atoms with E-state index in [0.717, 1.165) is 19.4 Å². The van der Waals surface area contributed by atoms with Crippen LogP contribution in [0.1, 0.15) is 31.6 Å². The minimum atomic E-state index is 0.353. The Morgan fingerprint density at radius 2 is 2.24 bits per heavy atom. The number of methoxy groups -OCH3 is 1. The molecule has 1 N–H and O–H groups in total. The molecule has 0 radical (unpaired) electrons. The van der Waals surface area contributed by atoms with Crippen LogP contribution in [0.15, 0.2) is 15.9 Å². The molecule has 2 atom stereocenters. The molecular formula is C13H22BrNOS. The van der Waals surface area contributed by atoms with Gasteiger partial charge in [0, 0.05) is 27.9 Å². The number of nitrogens with one attached hydrogen (secondary N) is 1. The van der Waals surface area contributed by atoms with Gasteiger partial charge in [-0.3, -0.25) is 0 Å². The summed E-state index contributed by atoms with van der Waals surface area (Å²) in [6, 6.07) is 2.78. The zero-order valence-electron chi connectivity index (χ0n) is 10.8. The van der Waals surface area contributed by atoms with Crippen molar-refractivity contribution in [3.63, 3.8) is 0 Å². The first kappa shape index (κ1) is 15.2. The summed E-state index contributed by atoms with van der Waals surface area (Å²) in [6.45, 7) is 5.32. The van der Waals surface area contributed by atoms with Gasteiger partial charge in [0.2, 0.25) is 0 Å². The van der Waals surface area contributed by atoms with E-state index in [0.29, 0.717) is 12.1 Å². The third kappa shape index (κ3) is 6.00. The lowest BCUT2D eigenvalue weighted by molar-refractivity contribution is 0.106. The Morgan fingerprint density at radius 3 is 2.76 bits per heavy atom. The van der Waals surface area contributed by atoms with Crippen molar-refractivity contribution in [1.82, 2.24) is 5.32 Å². The zero-order chi connectivity index (χ0) is 12.7. The number of ether oxygens (including phenoxy) is 1. The highest BCUT2D eigenvalue weighted by Gasteiger charge is 2.11. The van der Waals surface area contributed by atoms with E-state index in [1.54, 1.807) is 7.11 Å². The standard InChI is InChI=1S/C13H22BrNOS/c1-4-15-12(6-5-10(2)16-3)8-13-7-11(14)9-17-13/h7,9-10,12,15H,4-6,8H2,1-3H3. The first-order valence-electron chi connectivity index (χ1n) is 6.14. The molecule has 1 rings (SSSR count). The quantitative estimate of drug-likeness (QED) is 0.786. The minimum Gasteiger partial charge on any atom is -0.382 e. The van der Waals surface area contributed by atoms with Gasteiger partial charge in [0.05, 0.1) is 6.10 Å². The van der Waals surface area contributed by atoms with Gasteiger partial charge in [-0.2, -0.15) is 0 Å². The fourth-order valence-corrected chi connectivity index (χ4v) is 3.36. The Bertz CT molecular complexity index is 316. The zero-order valence-corrected chi connectivity index (χ0v) is 13.2. The molecule has 17 heavy (non-hydrogen) atoms. The lowest BCUT2D eigenvalue weighted by Crippen LogP contribution is -2.31. The smallest absolute Gasteiger partial charge is 0.0543 e. The Hall–Kier alpha value is 0.1000. The molecule has 0 saturated carbocycles. The summed E-state index contributed by atoms with van der Waals surface area (Å²) in [4.78, 5) is 1.44. The maximum Gasteiger partial charge on any atom is 0.0543 e. The van der Waals surface area contributed by atoms with E-state index in [2.05, 4.69) is 46.5 Å². The van der Waals surface area contributed by atoms with E-state index in [-0.39, 0.29) is 0 Å². The van der Waals surface area contributed by atoms with Crippen LogP contribution in [0.3, 0.4) is 0 Å². The molecule has 1 aromatic rings. The van der Waals surface area contributed by atoms with Crippen molar-refractivity contribution in [3.8, 4) is 0 Å². The average molecular weight is 320 g/mol. The predicted molar refractivity (Wildman–Crippen MR) is 78.9 cm³/mol. The number of hydrogen-bond donors (Lipinski definition) is 1. The van der Waals surface area contributed by atoms with Gasteiger partial charge in [-0.25, -0.2) is 0 Å². The molecule has 0 aliphatic heterocycles. The van der Waals surface area contributed by atoms with Crippen LogP contribution in [0.2, 0.25) is 0 Å². The van der Waals surface area contributed by atoms with Gasteiger partial charge in [0.25, 0.3) is 0 Å².